The first kappa shape index (κ1) is 19.5. The highest BCUT2D eigenvalue weighted by Crippen LogP contribution is 2.23. The van der Waals surface area contributed by atoms with Gasteiger partial charge < -0.3 is 10.1 Å². The SMILES string of the molecule is C[C@H](NC(=O)/C=C/c1ccc(Cl)cc1F)c1cccc(Oc2cncnc2)c1. The van der Waals surface area contributed by atoms with Gasteiger partial charge in [-0.1, -0.05) is 29.8 Å². The summed E-state index contributed by atoms with van der Waals surface area (Å²) in [6.07, 6.45) is 7.23. The van der Waals surface area contributed by atoms with Gasteiger partial charge in [-0.15, -0.1) is 0 Å². The van der Waals surface area contributed by atoms with Crippen molar-refractivity contribution in [2.24, 2.45) is 0 Å². The molecule has 0 aliphatic carbocycles. The van der Waals surface area contributed by atoms with Gasteiger partial charge in [0.2, 0.25) is 5.91 Å². The molecule has 0 aliphatic rings. The number of benzene rings is 2. The van der Waals surface area contributed by atoms with E-state index in [1.54, 1.807) is 24.5 Å². The minimum absolute atomic E-state index is 0.275. The van der Waals surface area contributed by atoms with Crippen LogP contribution >= 0.6 is 11.6 Å². The summed E-state index contributed by atoms with van der Waals surface area (Å²) in [7, 11) is 0. The molecule has 0 fully saturated rings. The minimum atomic E-state index is -0.487. The molecule has 0 bridgehead atoms. The highest BCUT2D eigenvalue weighted by molar-refractivity contribution is 6.30. The predicted octanol–water partition coefficient (Wildman–Crippen LogP) is 4.95. The Hall–Kier alpha value is -3.25. The lowest BCUT2D eigenvalue weighted by molar-refractivity contribution is -0.117. The van der Waals surface area contributed by atoms with E-state index in [0.29, 0.717) is 16.5 Å². The Morgan fingerprint density at radius 3 is 2.71 bits per heavy atom. The van der Waals surface area contributed by atoms with Crippen molar-refractivity contribution < 1.29 is 13.9 Å². The van der Waals surface area contributed by atoms with Crippen LogP contribution in [0.3, 0.4) is 0 Å². The number of halogens is 2. The molecule has 0 saturated carbocycles. The van der Waals surface area contributed by atoms with Crippen LogP contribution in [0.5, 0.6) is 11.5 Å². The number of rotatable bonds is 6. The zero-order chi connectivity index (χ0) is 19.9. The largest absolute Gasteiger partial charge is 0.454 e. The molecule has 5 nitrogen and oxygen atoms in total. The summed E-state index contributed by atoms with van der Waals surface area (Å²) in [4.78, 5) is 20.0. The Kier molecular flexibility index (Phi) is 6.34. The van der Waals surface area contributed by atoms with Crippen LogP contribution in [0.15, 0.2) is 67.3 Å². The lowest BCUT2D eigenvalue weighted by Crippen LogP contribution is -2.24. The first-order chi connectivity index (χ1) is 13.5. The van der Waals surface area contributed by atoms with E-state index in [2.05, 4.69) is 15.3 Å². The number of ether oxygens (including phenoxy) is 1. The second kappa shape index (κ2) is 9.10. The van der Waals surface area contributed by atoms with E-state index in [1.807, 2.05) is 25.1 Å². The number of aromatic nitrogens is 2. The maximum absolute atomic E-state index is 13.8. The van der Waals surface area contributed by atoms with Crippen molar-refractivity contribution in [3.8, 4) is 11.5 Å². The summed E-state index contributed by atoms with van der Waals surface area (Å²) in [6.45, 7) is 1.85. The topological polar surface area (TPSA) is 64.1 Å². The Labute approximate surface area is 166 Å². The van der Waals surface area contributed by atoms with Crippen molar-refractivity contribution in [1.82, 2.24) is 15.3 Å². The van der Waals surface area contributed by atoms with Crippen LogP contribution in [0.1, 0.15) is 24.1 Å². The molecule has 3 rings (SSSR count). The van der Waals surface area contributed by atoms with E-state index in [4.69, 9.17) is 16.3 Å². The van der Waals surface area contributed by atoms with Crippen molar-refractivity contribution in [1.29, 1.82) is 0 Å². The van der Waals surface area contributed by atoms with E-state index in [-0.39, 0.29) is 17.5 Å². The van der Waals surface area contributed by atoms with E-state index >= 15 is 0 Å². The fraction of sp³-hybridized carbons (Fsp3) is 0.0952. The van der Waals surface area contributed by atoms with Crippen molar-refractivity contribution >= 4 is 23.6 Å². The summed E-state index contributed by atoms with van der Waals surface area (Å²) in [5.41, 5.74) is 1.14. The van der Waals surface area contributed by atoms with E-state index < -0.39 is 5.82 Å². The quantitative estimate of drug-likeness (QED) is 0.597. The van der Waals surface area contributed by atoms with Gasteiger partial charge >= 0.3 is 0 Å². The third-order valence-electron chi connectivity index (χ3n) is 3.87. The van der Waals surface area contributed by atoms with E-state index in [9.17, 15) is 9.18 Å². The van der Waals surface area contributed by atoms with Gasteiger partial charge in [-0.05, 0) is 42.8 Å². The molecule has 7 heteroatoms. The molecule has 0 aliphatic heterocycles. The molecule has 3 aromatic rings. The Balaban J connectivity index is 1.63. The summed E-state index contributed by atoms with van der Waals surface area (Å²) < 4.78 is 19.5. The standard InChI is InChI=1S/C21H17ClFN3O2/c1-14(26-21(27)8-6-15-5-7-17(22)10-20(15)23)16-3-2-4-18(9-16)28-19-11-24-13-25-12-19/h2-14H,1H3,(H,26,27)/b8-6+/t14-/m0/s1. The molecule has 2 aromatic carbocycles. The molecule has 0 radical (unpaired) electrons. The molecule has 0 saturated heterocycles. The second-order valence-corrected chi connectivity index (χ2v) is 6.41. The lowest BCUT2D eigenvalue weighted by Gasteiger charge is -2.14. The fourth-order valence-corrected chi connectivity index (χ4v) is 2.63. The molecule has 142 valence electrons. The van der Waals surface area contributed by atoms with Gasteiger partial charge in [0.15, 0.2) is 5.75 Å². The monoisotopic (exact) mass is 397 g/mol. The van der Waals surface area contributed by atoms with Gasteiger partial charge in [-0.25, -0.2) is 14.4 Å². The number of carbonyl (C=O) groups is 1. The molecular formula is C21H17ClFN3O2. The third-order valence-corrected chi connectivity index (χ3v) is 4.10. The van der Waals surface area contributed by atoms with Crippen LogP contribution in [0.25, 0.3) is 6.08 Å². The Bertz CT molecular complexity index is 996. The van der Waals surface area contributed by atoms with Crippen LogP contribution in [-0.4, -0.2) is 15.9 Å². The van der Waals surface area contributed by atoms with Crippen LogP contribution in [0.2, 0.25) is 5.02 Å². The number of nitrogens with one attached hydrogen (secondary N) is 1. The number of amides is 1. The molecular weight excluding hydrogens is 381 g/mol. The number of nitrogens with zero attached hydrogens (tertiary/aromatic N) is 2. The molecule has 1 aromatic heterocycles. The van der Waals surface area contributed by atoms with Gasteiger partial charge in [0, 0.05) is 16.7 Å². The average molecular weight is 398 g/mol. The van der Waals surface area contributed by atoms with E-state index in [1.165, 1.54) is 30.6 Å². The molecule has 0 spiro atoms. The normalized spacial score (nSPS) is 12.0. The van der Waals surface area contributed by atoms with Gasteiger partial charge in [-0.2, -0.15) is 0 Å². The maximum atomic E-state index is 13.8. The van der Waals surface area contributed by atoms with Crippen LogP contribution in [0, 0.1) is 5.82 Å². The molecule has 1 N–H and O–H groups in total. The molecule has 1 heterocycles. The smallest absolute Gasteiger partial charge is 0.244 e. The van der Waals surface area contributed by atoms with Gasteiger partial charge in [-0.3, -0.25) is 4.79 Å². The third kappa shape index (κ3) is 5.37. The Morgan fingerprint density at radius 1 is 1.18 bits per heavy atom. The average Bonchev–Trinajstić information content (AvgIpc) is 2.68. The summed E-state index contributed by atoms with van der Waals surface area (Å²) in [5, 5.41) is 3.14. The number of hydrogen-bond acceptors (Lipinski definition) is 4. The second-order valence-electron chi connectivity index (χ2n) is 5.98. The van der Waals surface area contributed by atoms with Gasteiger partial charge in [0.1, 0.15) is 17.9 Å². The molecule has 1 amide bonds. The molecule has 28 heavy (non-hydrogen) atoms. The summed E-state index contributed by atoms with van der Waals surface area (Å²) >= 11 is 5.72. The van der Waals surface area contributed by atoms with Crippen molar-refractivity contribution in [3.05, 3.63) is 89.2 Å². The highest BCUT2D eigenvalue weighted by Gasteiger charge is 2.09. The zero-order valence-corrected chi connectivity index (χ0v) is 15.7. The first-order valence-corrected chi connectivity index (χ1v) is 8.85. The van der Waals surface area contributed by atoms with Crippen molar-refractivity contribution in [2.75, 3.05) is 0 Å². The fourth-order valence-electron chi connectivity index (χ4n) is 2.47. The lowest BCUT2D eigenvalue weighted by atomic mass is 10.1. The summed E-state index contributed by atoms with van der Waals surface area (Å²) in [6, 6.07) is 11.3. The van der Waals surface area contributed by atoms with Crippen LogP contribution in [0.4, 0.5) is 4.39 Å². The number of hydrogen-bond donors (Lipinski definition) is 1. The molecule has 0 unspecified atom stereocenters. The van der Waals surface area contributed by atoms with Gasteiger partial charge in [0.05, 0.1) is 18.4 Å². The predicted molar refractivity (Wildman–Crippen MR) is 106 cm³/mol. The van der Waals surface area contributed by atoms with Crippen LogP contribution in [-0.2, 0) is 4.79 Å². The van der Waals surface area contributed by atoms with E-state index in [0.717, 1.165) is 5.56 Å². The maximum Gasteiger partial charge on any atom is 0.244 e. The number of carbonyl (C=O) groups excluding carboxylic acids is 1. The van der Waals surface area contributed by atoms with Crippen LogP contribution < -0.4 is 10.1 Å². The van der Waals surface area contributed by atoms with Crippen molar-refractivity contribution in [2.45, 2.75) is 13.0 Å². The zero-order valence-electron chi connectivity index (χ0n) is 15.0. The Morgan fingerprint density at radius 2 is 1.96 bits per heavy atom. The van der Waals surface area contributed by atoms with Crippen molar-refractivity contribution in [3.63, 3.8) is 0 Å². The first-order valence-electron chi connectivity index (χ1n) is 8.48. The molecule has 1 atom stereocenters. The summed E-state index contributed by atoms with van der Waals surface area (Å²) in [5.74, 6) is 0.292. The highest BCUT2D eigenvalue weighted by atomic mass is 35.5. The van der Waals surface area contributed by atoms with Gasteiger partial charge in [0.25, 0.3) is 0 Å². The minimum Gasteiger partial charge on any atom is -0.454 e.